The maximum Gasteiger partial charge on any atom is 0.0486 e. The van der Waals surface area contributed by atoms with Gasteiger partial charge in [0.1, 0.15) is 0 Å². The summed E-state index contributed by atoms with van der Waals surface area (Å²) in [6, 6.07) is 7.69. The molecule has 4 rings (SSSR count). The number of likely N-dealkylation sites (tertiary alicyclic amines) is 1. The number of aromatic nitrogens is 1. The Morgan fingerprint density at radius 1 is 1.29 bits per heavy atom. The van der Waals surface area contributed by atoms with E-state index in [1.807, 2.05) is 0 Å². The van der Waals surface area contributed by atoms with Gasteiger partial charge in [0, 0.05) is 42.1 Å². The lowest BCUT2D eigenvalue weighted by Crippen LogP contribution is -2.47. The number of piperidine rings is 1. The molecular weight excluding hydrogens is 256 g/mol. The first-order chi connectivity index (χ1) is 10.2. The van der Waals surface area contributed by atoms with Crippen molar-refractivity contribution in [2.24, 2.45) is 5.92 Å². The second kappa shape index (κ2) is 4.88. The fraction of sp³-hybridized carbons (Fsp3) is 0.579. The van der Waals surface area contributed by atoms with Gasteiger partial charge in [-0.15, -0.1) is 0 Å². The lowest BCUT2D eigenvalue weighted by Gasteiger charge is -2.44. The molecule has 2 aromatic rings. The monoisotopic (exact) mass is 282 g/mol. The quantitative estimate of drug-likeness (QED) is 0.807. The average molecular weight is 282 g/mol. The maximum absolute atomic E-state index is 2.61. The highest BCUT2D eigenvalue weighted by Crippen LogP contribution is 2.44. The first-order valence-corrected chi connectivity index (χ1v) is 8.50. The van der Waals surface area contributed by atoms with Gasteiger partial charge in [-0.05, 0) is 49.4 Å². The van der Waals surface area contributed by atoms with E-state index in [1.54, 1.807) is 16.5 Å². The summed E-state index contributed by atoms with van der Waals surface area (Å²) in [5, 5.41) is 1.58. The SMILES string of the molecule is CCCn1cc2c3c(cccc31)[C@H]1C[C@H](C)CN(C)[C@@H]1C2. The summed E-state index contributed by atoms with van der Waals surface area (Å²) in [6.07, 6.45) is 6.22. The summed E-state index contributed by atoms with van der Waals surface area (Å²) in [4.78, 5) is 2.61. The first kappa shape index (κ1) is 13.4. The molecule has 112 valence electrons. The number of rotatable bonds is 2. The van der Waals surface area contributed by atoms with Crippen LogP contribution in [0.25, 0.3) is 10.9 Å². The molecule has 1 saturated heterocycles. The second-order valence-corrected chi connectivity index (χ2v) is 7.25. The van der Waals surface area contributed by atoms with E-state index < -0.39 is 0 Å². The molecule has 0 unspecified atom stereocenters. The van der Waals surface area contributed by atoms with E-state index in [2.05, 4.69) is 54.8 Å². The normalized spacial score (nSPS) is 28.8. The van der Waals surface area contributed by atoms with E-state index in [1.165, 1.54) is 31.3 Å². The van der Waals surface area contributed by atoms with Gasteiger partial charge in [-0.25, -0.2) is 0 Å². The Bertz CT molecular complexity index is 670. The van der Waals surface area contributed by atoms with Crippen molar-refractivity contribution in [2.75, 3.05) is 13.6 Å². The molecule has 1 aromatic carbocycles. The third-order valence-electron chi connectivity index (χ3n) is 5.60. The van der Waals surface area contributed by atoms with Crippen molar-refractivity contribution in [3.8, 4) is 0 Å². The van der Waals surface area contributed by atoms with E-state index in [9.17, 15) is 0 Å². The van der Waals surface area contributed by atoms with Crippen LogP contribution in [0, 0.1) is 5.92 Å². The highest BCUT2D eigenvalue weighted by atomic mass is 15.1. The molecule has 0 bridgehead atoms. The maximum atomic E-state index is 2.61. The van der Waals surface area contributed by atoms with Gasteiger partial charge in [0.05, 0.1) is 0 Å². The topological polar surface area (TPSA) is 8.17 Å². The van der Waals surface area contributed by atoms with Gasteiger partial charge in [-0.1, -0.05) is 26.0 Å². The van der Waals surface area contributed by atoms with Crippen molar-refractivity contribution in [3.63, 3.8) is 0 Å². The lowest BCUT2D eigenvalue weighted by molar-refractivity contribution is 0.119. The fourth-order valence-corrected chi connectivity index (χ4v) is 4.82. The van der Waals surface area contributed by atoms with E-state index in [4.69, 9.17) is 0 Å². The molecule has 2 heterocycles. The zero-order chi connectivity index (χ0) is 14.6. The van der Waals surface area contributed by atoms with Gasteiger partial charge < -0.3 is 9.47 Å². The number of benzene rings is 1. The molecule has 2 nitrogen and oxygen atoms in total. The number of hydrogen-bond acceptors (Lipinski definition) is 1. The van der Waals surface area contributed by atoms with Crippen LogP contribution in [0.1, 0.15) is 43.7 Å². The Morgan fingerprint density at radius 3 is 2.95 bits per heavy atom. The Hall–Kier alpha value is -1.28. The molecule has 0 radical (unpaired) electrons. The number of likely N-dealkylation sites (N-methyl/N-ethyl adjacent to an activating group) is 1. The predicted molar refractivity (Wildman–Crippen MR) is 88.9 cm³/mol. The summed E-state index contributed by atoms with van der Waals surface area (Å²) >= 11 is 0. The Kier molecular flexibility index (Phi) is 3.11. The van der Waals surface area contributed by atoms with Crippen molar-refractivity contribution < 1.29 is 0 Å². The van der Waals surface area contributed by atoms with Crippen molar-refractivity contribution in [1.29, 1.82) is 0 Å². The predicted octanol–water partition coefficient (Wildman–Crippen LogP) is 4.03. The first-order valence-electron chi connectivity index (χ1n) is 8.50. The van der Waals surface area contributed by atoms with Gasteiger partial charge in [-0.3, -0.25) is 0 Å². The number of nitrogens with zero attached hydrogens (tertiary/aromatic N) is 2. The molecule has 1 fully saturated rings. The molecule has 2 aliphatic rings. The molecule has 21 heavy (non-hydrogen) atoms. The van der Waals surface area contributed by atoms with E-state index in [0.29, 0.717) is 6.04 Å². The smallest absolute Gasteiger partial charge is 0.0486 e. The summed E-state index contributed by atoms with van der Waals surface area (Å²) in [5.41, 5.74) is 4.66. The van der Waals surface area contributed by atoms with Gasteiger partial charge in [-0.2, -0.15) is 0 Å². The molecule has 0 amide bonds. The highest BCUT2D eigenvalue weighted by molar-refractivity contribution is 5.89. The summed E-state index contributed by atoms with van der Waals surface area (Å²) < 4.78 is 2.48. The van der Waals surface area contributed by atoms with Crippen LogP contribution in [-0.2, 0) is 13.0 Å². The van der Waals surface area contributed by atoms with Gasteiger partial charge in [0.25, 0.3) is 0 Å². The van der Waals surface area contributed by atoms with E-state index in [-0.39, 0.29) is 0 Å². The fourth-order valence-electron chi connectivity index (χ4n) is 4.82. The zero-order valence-electron chi connectivity index (χ0n) is 13.5. The van der Waals surface area contributed by atoms with Crippen molar-refractivity contribution >= 4 is 10.9 Å². The molecule has 0 saturated carbocycles. The molecule has 1 aromatic heterocycles. The molecule has 3 atom stereocenters. The third kappa shape index (κ3) is 1.96. The van der Waals surface area contributed by atoms with Crippen LogP contribution >= 0.6 is 0 Å². The van der Waals surface area contributed by atoms with Crippen LogP contribution in [0.5, 0.6) is 0 Å². The number of aryl methyl sites for hydroxylation is 1. The van der Waals surface area contributed by atoms with Crippen molar-refractivity contribution in [2.45, 2.75) is 51.6 Å². The summed E-state index contributed by atoms with van der Waals surface area (Å²) in [5.74, 6) is 1.54. The van der Waals surface area contributed by atoms with Gasteiger partial charge >= 0.3 is 0 Å². The van der Waals surface area contributed by atoms with Crippen LogP contribution in [0.3, 0.4) is 0 Å². The van der Waals surface area contributed by atoms with Crippen LogP contribution in [0.2, 0.25) is 0 Å². The number of fused-ring (bicyclic) bond motifs is 2. The second-order valence-electron chi connectivity index (χ2n) is 7.25. The Labute approximate surface area is 127 Å². The molecule has 1 aliphatic heterocycles. The molecule has 1 aliphatic carbocycles. The molecule has 0 spiro atoms. The zero-order valence-corrected chi connectivity index (χ0v) is 13.5. The molecule has 0 N–H and O–H groups in total. The minimum atomic E-state index is 0.705. The van der Waals surface area contributed by atoms with Crippen molar-refractivity contribution in [1.82, 2.24) is 9.47 Å². The Morgan fingerprint density at radius 2 is 2.14 bits per heavy atom. The van der Waals surface area contributed by atoms with Crippen LogP contribution in [0.15, 0.2) is 24.4 Å². The summed E-state index contributed by atoms with van der Waals surface area (Å²) in [6.45, 7) is 7.07. The van der Waals surface area contributed by atoms with E-state index >= 15 is 0 Å². The van der Waals surface area contributed by atoms with E-state index in [0.717, 1.165) is 18.4 Å². The van der Waals surface area contributed by atoms with Crippen LogP contribution in [-0.4, -0.2) is 29.1 Å². The minimum Gasteiger partial charge on any atom is -0.347 e. The highest BCUT2D eigenvalue weighted by Gasteiger charge is 2.38. The molecule has 2 heteroatoms. The largest absolute Gasteiger partial charge is 0.347 e. The number of hydrogen-bond donors (Lipinski definition) is 0. The standard InChI is InChI=1S/C19H26N2/c1-4-8-21-12-14-10-18-16(9-13(2)11-20(18)3)15-6-5-7-17(21)19(14)15/h5-7,12-13,16,18H,4,8-11H2,1-3H3/t13-,16+,18+/m0/s1. The summed E-state index contributed by atoms with van der Waals surface area (Å²) in [7, 11) is 2.32. The minimum absolute atomic E-state index is 0.705. The molecular formula is C19H26N2. The average Bonchev–Trinajstić information content (AvgIpc) is 2.81. The van der Waals surface area contributed by atoms with Crippen LogP contribution in [0.4, 0.5) is 0 Å². The van der Waals surface area contributed by atoms with Crippen LogP contribution < -0.4 is 0 Å². The van der Waals surface area contributed by atoms with Gasteiger partial charge in [0.2, 0.25) is 0 Å². The lowest BCUT2D eigenvalue weighted by atomic mass is 9.73. The van der Waals surface area contributed by atoms with Crippen molar-refractivity contribution in [3.05, 3.63) is 35.5 Å². The van der Waals surface area contributed by atoms with Gasteiger partial charge in [0.15, 0.2) is 0 Å². The Balaban J connectivity index is 1.88. The third-order valence-corrected chi connectivity index (χ3v) is 5.60.